The molecule has 0 aliphatic carbocycles. The highest BCUT2D eigenvalue weighted by Crippen LogP contribution is 2.47. The van der Waals surface area contributed by atoms with Crippen LogP contribution in [0.5, 0.6) is 11.5 Å². The van der Waals surface area contributed by atoms with E-state index in [2.05, 4.69) is 6.07 Å². The van der Waals surface area contributed by atoms with Crippen molar-refractivity contribution in [2.45, 2.75) is 5.92 Å². The molecule has 0 saturated carbocycles. The number of hydrogen-bond acceptors (Lipinski definition) is 4. The number of nitriles is 1. The normalized spacial score (nSPS) is 16.5. The van der Waals surface area contributed by atoms with Crippen molar-refractivity contribution in [2.75, 3.05) is 0 Å². The van der Waals surface area contributed by atoms with Crippen molar-refractivity contribution >= 4 is 34.8 Å². The fourth-order valence-corrected chi connectivity index (χ4v) is 3.21. The quantitative estimate of drug-likeness (QED) is 0.773. The third-order valence-electron chi connectivity index (χ3n) is 3.56. The molecule has 0 amide bonds. The first kappa shape index (κ1) is 15.8. The third-order valence-corrected chi connectivity index (χ3v) is 4.42. The van der Waals surface area contributed by atoms with Gasteiger partial charge in [-0.25, -0.2) is 0 Å². The fraction of sp³-hybridized carbons (Fsp3) is 0.0625. The van der Waals surface area contributed by atoms with Crippen LogP contribution in [0.3, 0.4) is 0 Å². The van der Waals surface area contributed by atoms with Crippen molar-refractivity contribution in [3.8, 4) is 17.6 Å². The van der Waals surface area contributed by atoms with Gasteiger partial charge in [0.2, 0.25) is 5.88 Å². The Morgan fingerprint density at radius 1 is 1.09 bits per heavy atom. The predicted octanol–water partition coefficient (Wildman–Crippen LogP) is 4.57. The number of fused-ring (bicyclic) bond motifs is 1. The summed E-state index contributed by atoms with van der Waals surface area (Å²) in [4.78, 5) is 0. The van der Waals surface area contributed by atoms with Gasteiger partial charge in [-0.2, -0.15) is 5.26 Å². The molecule has 3 rings (SSSR count). The van der Waals surface area contributed by atoms with E-state index in [1.165, 1.54) is 12.1 Å². The molecule has 4 nitrogen and oxygen atoms in total. The molecule has 1 aliphatic rings. The Labute approximate surface area is 147 Å². The van der Waals surface area contributed by atoms with Crippen LogP contribution in [0.15, 0.2) is 41.8 Å². The van der Waals surface area contributed by atoms with Crippen LogP contribution in [0.25, 0.3) is 0 Å². The van der Waals surface area contributed by atoms with Gasteiger partial charge in [-0.05, 0) is 23.8 Å². The van der Waals surface area contributed by atoms with Crippen LogP contribution >= 0.6 is 34.8 Å². The topological polar surface area (TPSA) is 79.3 Å². The monoisotopic (exact) mass is 366 g/mol. The van der Waals surface area contributed by atoms with Gasteiger partial charge in [-0.15, -0.1) is 0 Å². The summed E-state index contributed by atoms with van der Waals surface area (Å²) in [7, 11) is 0. The number of halogens is 3. The number of nitrogens with two attached hydrogens (primary N) is 1. The number of allylic oxidation sites excluding steroid dienone is 1. The van der Waals surface area contributed by atoms with E-state index in [-0.39, 0.29) is 22.2 Å². The Bertz CT molecular complexity index is 888. The minimum Gasteiger partial charge on any atom is -0.506 e. The molecule has 0 aromatic heterocycles. The second kappa shape index (κ2) is 5.86. The SMILES string of the molecule is N#CC1=C(N)Oc2cc(O)c(Cl)cc2C1c1ccc(Cl)cc1Cl. The van der Waals surface area contributed by atoms with Crippen LogP contribution in [0.1, 0.15) is 17.0 Å². The van der Waals surface area contributed by atoms with Gasteiger partial charge < -0.3 is 15.6 Å². The van der Waals surface area contributed by atoms with E-state index in [0.29, 0.717) is 26.9 Å². The summed E-state index contributed by atoms with van der Waals surface area (Å²) in [6, 6.07) is 9.92. The van der Waals surface area contributed by atoms with E-state index in [4.69, 9.17) is 45.3 Å². The molecule has 2 aromatic rings. The van der Waals surface area contributed by atoms with Gasteiger partial charge in [0.15, 0.2) is 0 Å². The van der Waals surface area contributed by atoms with Gasteiger partial charge in [0.1, 0.15) is 23.1 Å². The highest BCUT2D eigenvalue weighted by atomic mass is 35.5. The van der Waals surface area contributed by atoms with Crippen LogP contribution in [0, 0.1) is 11.3 Å². The number of phenols is 1. The summed E-state index contributed by atoms with van der Waals surface area (Å²) in [5.41, 5.74) is 7.29. The molecular weight excluding hydrogens is 359 g/mol. The summed E-state index contributed by atoms with van der Waals surface area (Å²) < 4.78 is 5.43. The van der Waals surface area contributed by atoms with Crippen LogP contribution in [-0.2, 0) is 0 Å². The first-order chi connectivity index (χ1) is 10.9. The zero-order chi connectivity index (χ0) is 16.7. The molecule has 116 valence electrons. The van der Waals surface area contributed by atoms with Crippen LogP contribution in [-0.4, -0.2) is 5.11 Å². The van der Waals surface area contributed by atoms with Crippen molar-refractivity contribution in [3.63, 3.8) is 0 Å². The maximum atomic E-state index is 9.76. The van der Waals surface area contributed by atoms with E-state index in [9.17, 15) is 10.4 Å². The number of phenolic OH excluding ortho intramolecular Hbond substituents is 1. The number of benzene rings is 2. The van der Waals surface area contributed by atoms with E-state index < -0.39 is 5.92 Å². The second-order valence-electron chi connectivity index (χ2n) is 4.93. The number of ether oxygens (including phenoxy) is 1. The number of rotatable bonds is 1. The summed E-state index contributed by atoms with van der Waals surface area (Å²) >= 11 is 18.2. The molecule has 3 N–H and O–H groups in total. The molecule has 1 aliphatic heterocycles. The average Bonchev–Trinajstić information content (AvgIpc) is 2.48. The zero-order valence-corrected chi connectivity index (χ0v) is 13.7. The lowest BCUT2D eigenvalue weighted by atomic mass is 9.83. The van der Waals surface area contributed by atoms with E-state index in [0.717, 1.165) is 0 Å². The largest absolute Gasteiger partial charge is 0.506 e. The van der Waals surface area contributed by atoms with Crippen molar-refractivity contribution < 1.29 is 9.84 Å². The summed E-state index contributed by atoms with van der Waals surface area (Å²) in [5.74, 6) is -0.427. The molecule has 23 heavy (non-hydrogen) atoms. The smallest absolute Gasteiger partial charge is 0.205 e. The fourth-order valence-electron chi connectivity index (χ4n) is 2.52. The standard InChI is InChI=1S/C16H9Cl3N2O2/c17-7-1-2-8(11(18)3-7)15-9-4-12(19)13(22)5-14(9)23-16(21)10(15)6-20/h1-5,15,22H,21H2. The van der Waals surface area contributed by atoms with Gasteiger partial charge >= 0.3 is 0 Å². The van der Waals surface area contributed by atoms with Gasteiger partial charge in [0.25, 0.3) is 0 Å². The molecule has 1 unspecified atom stereocenters. The maximum Gasteiger partial charge on any atom is 0.205 e. The maximum absolute atomic E-state index is 9.76. The van der Waals surface area contributed by atoms with Crippen molar-refractivity contribution in [2.24, 2.45) is 5.73 Å². The molecule has 2 aromatic carbocycles. The Balaban J connectivity index is 2.29. The van der Waals surface area contributed by atoms with Gasteiger partial charge in [0, 0.05) is 21.7 Å². The average molecular weight is 368 g/mol. The van der Waals surface area contributed by atoms with Crippen molar-refractivity contribution in [1.82, 2.24) is 0 Å². The van der Waals surface area contributed by atoms with Gasteiger partial charge in [0.05, 0.1) is 10.9 Å². The van der Waals surface area contributed by atoms with Crippen molar-refractivity contribution in [1.29, 1.82) is 5.26 Å². The number of nitrogens with zero attached hydrogens (tertiary/aromatic N) is 1. The first-order valence-corrected chi connectivity index (χ1v) is 7.60. The number of aromatic hydroxyl groups is 1. The minimum absolute atomic E-state index is 0.0438. The van der Waals surface area contributed by atoms with Crippen molar-refractivity contribution in [3.05, 3.63) is 68.0 Å². The minimum atomic E-state index is -0.563. The lowest BCUT2D eigenvalue weighted by Crippen LogP contribution is -2.21. The van der Waals surface area contributed by atoms with Gasteiger partial charge in [-0.3, -0.25) is 0 Å². The third kappa shape index (κ3) is 2.68. The lowest BCUT2D eigenvalue weighted by Gasteiger charge is -2.27. The summed E-state index contributed by atoms with van der Waals surface area (Å²) in [6.07, 6.45) is 0. The molecule has 7 heteroatoms. The second-order valence-corrected chi connectivity index (χ2v) is 6.18. The molecule has 0 saturated heterocycles. The molecule has 0 fully saturated rings. The van der Waals surface area contributed by atoms with Crippen LogP contribution < -0.4 is 10.5 Å². The van der Waals surface area contributed by atoms with Gasteiger partial charge in [-0.1, -0.05) is 40.9 Å². The zero-order valence-electron chi connectivity index (χ0n) is 11.5. The van der Waals surface area contributed by atoms with E-state index in [1.807, 2.05) is 0 Å². The van der Waals surface area contributed by atoms with E-state index >= 15 is 0 Å². The molecular formula is C16H9Cl3N2O2. The Kier molecular flexibility index (Phi) is 4.03. The number of hydrogen-bond donors (Lipinski definition) is 2. The summed E-state index contributed by atoms with van der Waals surface area (Å²) in [6.45, 7) is 0. The predicted molar refractivity (Wildman–Crippen MR) is 88.9 cm³/mol. The molecule has 0 spiro atoms. The summed E-state index contributed by atoms with van der Waals surface area (Å²) in [5, 5.41) is 20.2. The first-order valence-electron chi connectivity index (χ1n) is 6.47. The van der Waals surface area contributed by atoms with Crippen LogP contribution in [0.2, 0.25) is 15.1 Å². The highest BCUT2D eigenvalue weighted by Gasteiger charge is 2.32. The molecule has 0 bridgehead atoms. The van der Waals surface area contributed by atoms with E-state index in [1.54, 1.807) is 18.2 Å². The Morgan fingerprint density at radius 2 is 1.83 bits per heavy atom. The van der Waals surface area contributed by atoms with Crippen LogP contribution in [0.4, 0.5) is 0 Å². The lowest BCUT2D eigenvalue weighted by molar-refractivity contribution is 0.388. The highest BCUT2D eigenvalue weighted by molar-refractivity contribution is 6.35. The Hall–Kier alpha value is -2.06. The molecule has 1 atom stereocenters. The Morgan fingerprint density at radius 3 is 2.48 bits per heavy atom. The molecule has 0 radical (unpaired) electrons. The molecule has 1 heterocycles.